The van der Waals surface area contributed by atoms with Gasteiger partial charge in [0.05, 0.1) is 12.8 Å². The fourth-order valence-electron chi connectivity index (χ4n) is 3.63. The zero-order chi connectivity index (χ0) is 23.0. The Bertz CT molecular complexity index is 1230. The highest BCUT2D eigenvalue weighted by Gasteiger charge is 2.17. The first-order chi connectivity index (χ1) is 16.1. The van der Waals surface area contributed by atoms with Gasteiger partial charge in [0.1, 0.15) is 12.3 Å². The van der Waals surface area contributed by atoms with Crippen molar-refractivity contribution in [3.63, 3.8) is 0 Å². The summed E-state index contributed by atoms with van der Waals surface area (Å²) in [6.07, 6.45) is 0. The first kappa shape index (κ1) is 22.0. The van der Waals surface area contributed by atoms with Crippen LogP contribution in [0.4, 0.5) is 0 Å². The number of rotatable bonds is 8. The van der Waals surface area contributed by atoms with E-state index in [0.717, 1.165) is 16.7 Å². The number of aromatic nitrogens is 2. The minimum atomic E-state index is -0.332. The molecule has 4 rings (SSSR count). The number of amides is 1. The van der Waals surface area contributed by atoms with E-state index in [1.807, 2.05) is 84.9 Å². The molecule has 0 N–H and O–H groups in total. The molecule has 0 unspecified atom stereocenters. The van der Waals surface area contributed by atoms with E-state index in [0.29, 0.717) is 24.5 Å². The van der Waals surface area contributed by atoms with Gasteiger partial charge in [-0.05, 0) is 29.3 Å². The van der Waals surface area contributed by atoms with Crippen molar-refractivity contribution in [3.05, 3.63) is 119 Å². The van der Waals surface area contributed by atoms with Gasteiger partial charge in [-0.25, -0.2) is 4.68 Å². The minimum absolute atomic E-state index is 0.151. The minimum Gasteiger partial charge on any atom is -0.496 e. The Morgan fingerprint density at radius 1 is 0.818 bits per heavy atom. The van der Waals surface area contributed by atoms with Crippen LogP contribution in [0.25, 0.3) is 11.3 Å². The number of carbonyl (C=O) groups excluding carboxylic acids is 1. The summed E-state index contributed by atoms with van der Waals surface area (Å²) in [5, 5.41) is 4.46. The lowest BCUT2D eigenvalue weighted by atomic mass is 10.1. The number of hydrogen-bond donors (Lipinski definition) is 0. The fraction of sp³-hybridized carbons (Fsp3) is 0.148. The molecule has 6 nitrogen and oxygen atoms in total. The maximum atomic E-state index is 13.3. The molecule has 0 atom stereocenters. The van der Waals surface area contributed by atoms with E-state index >= 15 is 0 Å². The predicted octanol–water partition coefficient (Wildman–Crippen LogP) is 4.15. The molecule has 0 saturated carbocycles. The smallest absolute Gasteiger partial charge is 0.267 e. The van der Waals surface area contributed by atoms with Gasteiger partial charge in [-0.15, -0.1) is 0 Å². The van der Waals surface area contributed by atoms with Crippen LogP contribution < -0.4 is 10.3 Å². The topological polar surface area (TPSA) is 64.4 Å². The number of para-hydroxylation sites is 1. The maximum absolute atomic E-state index is 13.3. The number of carbonyl (C=O) groups is 1. The summed E-state index contributed by atoms with van der Waals surface area (Å²) in [6, 6.07) is 30.1. The molecule has 33 heavy (non-hydrogen) atoms. The quantitative estimate of drug-likeness (QED) is 0.414. The van der Waals surface area contributed by atoms with Crippen LogP contribution in [0, 0.1) is 0 Å². The molecule has 1 heterocycles. The summed E-state index contributed by atoms with van der Waals surface area (Å²) in [7, 11) is 1.59. The zero-order valence-corrected chi connectivity index (χ0v) is 18.4. The van der Waals surface area contributed by atoms with Crippen LogP contribution in [0.1, 0.15) is 11.1 Å². The fourth-order valence-corrected chi connectivity index (χ4v) is 3.63. The van der Waals surface area contributed by atoms with Crippen molar-refractivity contribution in [2.24, 2.45) is 0 Å². The summed E-state index contributed by atoms with van der Waals surface area (Å²) in [5.41, 5.74) is 3.03. The Balaban J connectivity index is 1.61. The summed E-state index contributed by atoms with van der Waals surface area (Å²) in [6.45, 7) is 0.729. The van der Waals surface area contributed by atoms with Crippen molar-refractivity contribution >= 4 is 5.91 Å². The van der Waals surface area contributed by atoms with Crippen LogP contribution in [-0.2, 0) is 24.4 Å². The third-order valence-corrected chi connectivity index (χ3v) is 5.32. The lowest BCUT2D eigenvalue weighted by molar-refractivity contribution is -0.133. The monoisotopic (exact) mass is 439 g/mol. The highest BCUT2D eigenvalue weighted by molar-refractivity contribution is 5.76. The SMILES string of the molecule is COc1ccccc1-c1ccc(=O)n(CC(=O)N(Cc2ccccc2)Cc2ccccc2)n1. The lowest BCUT2D eigenvalue weighted by Gasteiger charge is -2.23. The third kappa shape index (κ3) is 5.54. The lowest BCUT2D eigenvalue weighted by Crippen LogP contribution is -2.36. The van der Waals surface area contributed by atoms with E-state index in [9.17, 15) is 9.59 Å². The molecule has 3 aromatic carbocycles. The van der Waals surface area contributed by atoms with E-state index in [1.165, 1.54) is 10.7 Å². The van der Waals surface area contributed by atoms with Crippen LogP contribution >= 0.6 is 0 Å². The largest absolute Gasteiger partial charge is 0.496 e. The number of nitrogens with zero attached hydrogens (tertiary/aromatic N) is 3. The number of ether oxygens (including phenoxy) is 1. The average molecular weight is 440 g/mol. The van der Waals surface area contributed by atoms with Gasteiger partial charge in [0.2, 0.25) is 5.91 Å². The van der Waals surface area contributed by atoms with Gasteiger partial charge in [0, 0.05) is 24.7 Å². The van der Waals surface area contributed by atoms with Crippen LogP contribution in [0.2, 0.25) is 0 Å². The third-order valence-electron chi connectivity index (χ3n) is 5.32. The maximum Gasteiger partial charge on any atom is 0.267 e. The molecule has 0 bridgehead atoms. The molecule has 0 saturated heterocycles. The second-order valence-corrected chi connectivity index (χ2v) is 7.64. The molecule has 166 valence electrons. The second kappa shape index (κ2) is 10.4. The molecule has 0 aliphatic carbocycles. The van der Waals surface area contributed by atoms with E-state index in [-0.39, 0.29) is 18.0 Å². The average Bonchev–Trinajstić information content (AvgIpc) is 2.86. The Labute approximate surface area is 192 Å². The second-order valence-electron chi connectivity index (χ2n) is 7.64. The predicted molar refractivity (Wildman–Crippen MR) is 128 cm³/mol. The number of benzene rings is 3. The molecular formula is C27H25N3O3. The van der Waals surface area contributed by atoms with E-state index < -0.39 is 0 Å². The number of methoxy groups -OCH3 is 1. The van der Waals surface area contributed by atoms with Gasteiger partial charge in [0.15, 0.2) is 0 Å². The van der Waals surface area contributed by atoms with Crippen molar-refractivity contribution in [3.8, 4) is 17.0 Å². The van der Waals surface area contributed by atoms with Crippen LogP contribution in [0.5, 0.6) is 5.75 Å². The Morgan fingerprint density at radius 3 is 2.00 bits per heavy atom. The van der Waals surface area contributed by atoms with Crippen LogP contribution in [-0.4, -0.2) is 27.7 Å². The first-order valence-electron chi connectivity index (χ1n) is 10.7. The Hall–Kier alpha value is -4.19. The molecule has 1 aromatic heterocycles. The van der Waals surface area contributed by atoms with E-state index in [2.05, 4.69) is 5.10 Å². The van der Waals surface area contributed by atoms with Crippen molar-refractivity contribution in [1.29, 1.82) is 0 Å². The normalized spacial score (nSPS) is 10.6. The summed E-state index contributed by atoms with van der Waals surface area (Å²) < 4.78 is 6.63. The van der Waals surface area contributed by atoms with Gasteiger partial charge in [-0.2, -0.15) is 5.10 Å². The molecular weight excluding hydrogens is 414 g/mol. The molecule has 0 spiro atoms. The molecule has 0 fully saturated rings. The van der Waals surface area contributed by atoms with Gasteiger partial charge in [-0.1, -0.05) is 72.8 Å². The van der Waals surface area contributed by atoms with Crippen molar-refractivity contribution in [1.82, 2.24) is 14.7 Å². The standard InChI is InChI=1S/C27H25N3O3/c1-33-25-15-9-8-14-23(25)24-16-17-26(31)30(28-24)20-27(32)29(18-21-10-4-2-5-11-21)19-22-12-6-3-7-13-22/h2-17H,18-20H2,1H3. The molecule has 0 aliphatic heterocycles. The van der Waals surface area contributed by atoms with Gasteiger partial charge >= 0.3 is 0 Å². The van der Waals surface area contributed by atoms with Crippen molar-refractivity contribution in [2.75, 3.05) is 7.11 Å². The first-order valence-corrected chi connectivity index (χ1v) is 10.7. The molecule has 0 aliphatic rings. The van der Waals surface area contributed by atoms with Crippen molar-refractivity contribution in [2.45, 2.75) is 19.6 Å². The van der Waals surface area contributed by atoms with E-state index in [1.54, 1.807) is 18.1 Å². The highest BCUT2D eigenvalue weighted by Crippen LogP contribution is 2.27. The molecule has 0 radical (unpaired) electrons. The summed E-state index contributed by atoms with van der Waals surface area (Å²) in [4.78, 5) is 27.6. The van der Waals surface area contributed by atoms with Crippen LogP contribution in [0.15, 0.2) is 102 Å². The van der Waals surface area contributed by atoms with Crippen molar-refractivity contribution < 1.29 is 9.53 Å². The zero-order valence-electron chi connectivity index (χ0n) is 18.4. The van der Waals surface area contributed by atoms with E-state index in [4.69, 9.17) is 4.74 Å². The Kier molecular flexibility index (Phi) is 6.95. The number of hydrogen-bond acceptors (Lipinski definition) is 4. The highest BCUT2D eigenvalue weighted by atomic mass is 16.5. The van der Waals surface area contributed by atoms with Crippen LogP contribution in [0.3, 0.4) is 0 Å². The summed E-state index contributed by atoms with van der Waals surface area (Å²) >= 11 is 0. The molecule has 6 heteroatoms. The Morgan fingerprint density at radius 2 is 1.39 bits per heavy atom. The van der Waals surface area contributed by atoms with Gasteiger partial charge in [0.25, 0.3) is 5.56 Å². The summed E-state index contributed by atoms with van der Waals surface area (Å²) in [5.74, 6) is 0.464. The molecule has 4 aromatic rings. The van der Waals surface area contributed by atoms with Gasteiger partial charge < -0.3 is 9.64 Å². The molecule has 1 amide bonds. The van der Waals surface area contributed by atoms with Gasteiger partial charge in [-0.3, -0.25) is 9.59 Å².